The van der Waals surface area contributed by atoms with Crippen LogP contribution < -0.4 is 4.74 Å². The molecule has 2 N–H and O–H groups in total. The molecule has 0 unspecified atom stereocenters. The average Bonchev–Trinajstić information content (AvgIpc) is 3.17. The highest BCUT2D eigenvalue weighted by Gasteiger charge is 2.42. The number of likely N-dealkylation sites (tertiary alicyclic amines) is 1. The van der Waals surface area contributed by atoms with Crippen molar-refractivity contribution in [3.63, 3.8) is 0 Å². The molecule has 33 heavy (non-hydrogen) atoms. The fourth-order valence-electron chi connectivity index (χ4n) is 4.71. The van der Waals surface area contributed by atoms with E-state index in [1.165, 1.54) is 7.11 Å². The van der Waals surface area contributed by atoms with E-state index in [0.717, 1.165) is 55.2 Å². The maximum Gasteiger partial charge on any atom is 0.356 e. The van der Waals surface area contributed by atoms with Gasteiger partial charge in [-0.3, -0.25) is 14.7 Å². The number of carbonyl (C=O) groups is 2. The van der Waals surface area contributed by atoms with Gasteiger partial charge in [0, 0.05) is 31.5 Å². The highest BCUT2D eigenvalue weighted by atomic mass is 16.5. The van der Waals surface area contributed by atoms with Crippen LogP contribution in [0.15, 0.2) is 30.5 Å². The number of aliphatic hydroxyl groups excluding tert-OH is 1. The van der Waals surface area contributed by atoms with Gasteiger partial charge in [0.1, 0.15) is 17.5 Å². The van der Waals surface area contributed by atoms with Crippen molar-refractivity contribution < 1.29 is 29.3 Å². The highest BCUT2D eigenvalue weighted by Crippen LogP contribution is 2.38. The normalized spacial score (nSPS) is 24.2. The molecule has 0 bridgehead atoms. The molecule has 2 aliphatic rings. The number of pyridine rings is 2. The van der Waals surface area contributed by atoms with Crippen LogP contribution in [0.4, 0.5) is 0 Å². The third-order valence-corrected chi connectivity index (χ3v) is 6.24. The summed E-state index contributed by atoms with van der Waals surface area (Å²) in [5, 5.41) is 17.6. The summed E-state index contributed by atoms with van der Waals surface area (Å²) in [5.74, 6) is 1.31. The van der Waals surface area contributed by atoms with Gasteiger partial charge in [-0.1, -0.05) is 6.07 Å². The first-order chi connectivity index (χ1) is 15.8. The van der Waals surface area contributed by atoms with Gasteiger partial charge in [-0.25, -0.2) is 9.78 Å². The third kappa shape index (κ3) is 6.27. The number of aryl methyl sites for hydroxylation is 2. The van der Waals surface area contributed by atoms with E-state index >= 15 is 0 Å². The maximum atomic E-state index is 11.5. The molecule has 1 saturated carbocycles. The summed E-state index contributed by atoms with van der Waals surface area (Å²) in [6.45, 7) is 6.36. The number of hydrogen-bond acceptors (Lipinski definition) is 8. The lowest BCUT2D eigenvalue weighted by atomic mass is 9.78. The Morgan fingerprint density at radius 2 is 1.88 bits per heavy atom. The Morgan fingerprint density at radius 3 is 2.48 bits per heavy atom. The molecule has 3 heterocycles. The van der Waals surface area contributed by atoms with Gasteiger partial charge in [0.15, 0.2) is 0 Å². The predicted octanol–water partition coefficient (Wildman–Crippen LogP) is 2.23. The number of esters is 1. The van der Waals surface area contributed by atoms with Crippen molar-refractivity contribution in [1.29, 1.82) is 0 Å². The summed E-state index contributed by atoms with van der Waals surface area (Å²) in [7, 11) is 1.35. The second-order valence-electron chi connectivity index (χ2n) is 8.59. The number of hydrogen-bond donors (Lipinski definition) is 2. The van der Waals surface area contributed by atoms with Crippen molar-refractivity contribution in [3.8, 4) is 5.75 Å². The van der Waals surface area contributed by atoms with Crippen LogP contribution in [0.3, 0.4) is 0 Å². The molecule has 2 fully saturated rings. The number of methoxy groups -OCH3 is 1. The summed E-state index contributed by atoms with van der Waals surface area (Å²) < 4.78 is 10.9. The zero-order chi connectivity index (χ0) is 24.0. The summed E-state index contributed by atoms with van der Waals surface area (Å²) in [6.07, 6.45) is 2.67. The number of aromatic nitrogens is 2. The number of rotatable bonds is 5. The SMILES string of the molecule is COC(=O)c1ccc(CN2C[C@H]3C[C@@H](Oc4ccc(C)nc4C)[C@H](O)C[C@H]3C2)cn1.O=CO. The van der Waals surface area contributed by atoms with E-state index in [9.17, 15) is 9.90 Å². The fourth-order valence-corrected chi connectivity index (χ4v) is 4.71. The van der Waals surface area contributed by atoms with Crippen LogP contribution in [0, 0.1) is 25.7 Å². The summed E-state index contributed by atoms with van der Waals surface area (Å²) in [4.78, 5) is 31.0. The number of carbonyl (C=O) groups excluding carboxylic acids is 1. The Hall–Kier alpha value is -3.04. The molecule has 0 radical (unpaired) electrons. The standard InChI is InChI=1S/C23H29N3O4.CH2O2/c1-14-4-7-21(15(2)25-14)30-22-9-18-13-26(12-17(18)8-20(22)27)11-16-5-6-19(24-10-16)23(28)29-3;2-1-3/h4-7,10,17-18,20,22,27H,8-9,11-13H2,1-3H3;1H,(H,2,3)/t17-,18+,20+,22+;/m0./s1. The van der Waals surface area contributed by atoms with Crippen molar-refractivity contribution in [2.45, 2.75) is 45.4 Å². The van der Waals surface area contributed by atoms with Crippen molar-refractivity contribution in [1.82, 2.24) is 14.9 Å². The Labute approximate surface area is 193 Å². The Kier molecular flexibility index (Phi) is 8.35. The zero-order valence-corrected chi connectivity index (χ0v) is 19.2. The maximum absolute atomic E-state index is 11.5. The Bertz CT molecular complexity index is 952. The van der Waals surface area contributed by atoms with E-state index in [1.807, 2.05) is 32.0 Å². The first-order valence-corrected chi connectivity index (χ1v) is 11.0. The number of fused-ring (bicyclic) bond motifs is 1. The average molecular weight is 458 g/mol. The molecule has 2 aromatic heterocycles. The molecular formula is C24H31N3O6. The minimum Gasteiger partial charge on any atom is -0.486 e. The number of aliphatic hydroxyl groups is 1. The molecule has 1 aliphatic carbocycles. The molecule has 9 heteroatoms. The van der Waals surface area contributed by atoms with Crippen molar-refractivity contribution in [3.05, 3.63) is 53.1 Å². The van der Waals surface area contributed by atoms with Gasteiger partial charge in [-0.15, -0.1) is 0 Å². The van der Waals surface area contributed by atoms with Crippen molar-refractivity contribution >= 4 is 12.4 Å². The first kappa shape index (κ1) is 24.6. The van der Waals surface area contributed by atoms with E-state index in [-0.39, 0.29) is 12.6 Å². The van der Waals surface area contributed by atoms with Crippen LogP contribution in [-0.4, -0.2) is 69.9 Å². The molecule has 1 saturated heterocycles. The highest BCUT2D eigenvalue weighted by molar-refractivity contribution is 5.86. The van der Waals surface area contributed by atoms with Gasteiger partial charge >= 0.3 is 5.97 Å². The molecule has 0 aromatic carbocycles. The quantitative estimate of drug-likeness (QED) is 0.514. The second-order valence-corrected chi connectivity index (χ2v) is 8.59. The zero-order valence-electron chi connectivity index (χ0n) is 19.2. The molecule has 4 atom stereocenters. The van der Waals surface area contributed by atoms with E-state index in [0.29, 0.717) is 17.5 Å². The summed E-state index contributed by atoms with van der Waals surface area (Å²) in [6, 6.07) is 7.52. The van der Waals surface area contributed by atoms with Crippen LogP contribution in [0.2, 0.25) is 0 Å². The van der Waals surface area contributed by atoms with Crippen LogP contribution in [-0.2, 0) is 16.1 Å². The second kappa shape index (κ2) is 11.2. The van der Waals surface area contributed by atoms with Crippen LogP contribution in [0.1, 0.15) is 40.3 Å². The lowest BCUT2D eigenvalue weighted by molar-refractivity contribution is -0.122. The van der Waals surface area contributed by atoms with Gasteiger partial charge in [0.05, 0.1) is 18.9 Å². The van der Waals surface area contributed by atoms with Crippen LogP contribution in [0.5, 0.6) is 5.75 Å². The van der Waals surface area contributed by atoms with Gasteiger partial charge in [-0.2, -0.15) is 0 Å². The molecule has 0 spiro atoms. The lowest BCUT2D eigenvalue weighted by Gasteiger charge is -2.35. The summed E-state index contributed by atoms with van der Waals surface area (Å²) in [5.41, 5.74) is 3.21. The number of carboxylic acid groups (broad SMARTS) is 1. The molecule has 2 aromatic rings. The van der Waals surface area contributed by atoms with Gasteiger partial charge in [-0.05, 0) is 62.3 Å². The van der Waals surface area contributed by atoms with Crippen LogP contribution in [0.25, 0.3) is 0 Å². The molecule has 9 nitrogen and oxygen atoms in total. The Balaban J connectivity index is 0.000000968. The van der Waals surface area contributed by atoms with Gasteiger partial charge in [0.2, 0.25) is 0 Å². The number of ether oxygens (including phenoxy) is 2. The lowest BCUT2D eigenvalue weighted by Crippen LogP contribution is -2.42. The largest absolute Gasteiger partial charge is 0.486 e. The molecule has 178 valence electrons. The van der Waals surface area contributed by atoms with E-state index in [1.54, 1.807) is 12.3 Å². The van der Waals surface area contributed by atoms with Crippen molar-refractivity contribution in [2.75, 3.05) is 20.2 Å². The molecule has 1 aliphatic heterocycles. The molecule has 4 rings (SSSR count). The summed E-state index contributed by atoms with van der Waals surface area (Å²) >= 11 is 0. The first-order valence-electron chi connectivity index (χ1n) is 11.0. The minimum atomic E-state index is -0.465. The topological polar surface area (TPSA) is 122 Å². The van der Waals surface area contributed by atoms with E-state index in [2.05, 4.69) is 14.9 Å². The van der Waals surface area contributed by atoms with E-state index in [4.69, 9.17) is 19.4 Å². The number of nitrogens with zero attached hydrogens (tertiary/aromatic N) is 3. The monoisotopic (exact) mass is 457 g/mol. The van der Waals surface area contributed by atoms with Gasteiger partial charge in [0.25, 0.3) is 6.47 Å². The minimum absolute atomic E-state index is 0.199. The van der Waals surface area contributed by atoms with Gasteiger partial charge < -0.3 is 19.7 Å². The predicted molar refractivity (Wildman–Crippen MR) is 120 cm³/mol. The van der Waals surface area contributed by atoms with Crippen LogP contribution >= 0.6 is 0 Å². The molecular weight excluding hydrogens is 426 g/mol. The third-order valence-electron chi connectivity index (χ3n) is 6.24. The smallest absolute Gasteiger partial charge is 0.356 e. The fraction of sp³-hybridized carbons (Fsp3) is 0.500. The molecule has 0 amide bonds. The van der Waals surface area contributed by atoms with Crippen molar-refractivity contribution in [2.24, 2.45) is 11.8 Å². The Morgan fingerprint density at radius 1 is 1.18 bits per heavy atom. The van der Waals surface area contributed by atoms with E-state index < -0.39 is 12.1 Å².